The molecule has 2 aromatic heterocycles. The van der Waals surface area contributed by atoms with Crippen LogP contribution in [0.25, 0.3) is 22.0 Å². The van der Waals surface area contributed by atoms with Crippen molar-refractivity contribution in [1.82, 2.24) is 30.0 Å². The number of amides is 2. The Morgan fingerprint density at radius 2 is 1.97 bits per heavy atom. The van der Waals surface area contributed by atoms with Gasteiger partial charge in [-0.25, -0.2) is 14.8 Å². The molecule has 1 saturated heterocycles. The Labute approximate surface area is 182 Å². The van der Waals surface area contributed by atoms with Crippen LogP contribution in [0, 0.1) is 0 Å². The van der Waals surface area contributed by atoms with Crippen molar-refractivity contribution in [2.75, 3.05) is 25.0 Å². The topological polar surface area (TPSA) is 88.0 Å². The van der Waals surface area contributed by atoms with E-state index in [9.17, 15) is 18.0 Å². The molecule has 1 aliphatic rings. The molecule has 3 heterocycles. The van der Waals surface area contributed by atoms with Crippen LogP contribution >= 0.6 is 0 Å². The zero-order valence-corrected chi connectivity index (χ0v) is 17.6. The molecule has 0 radical (unpaired) electrons. The zero-order chi connectivity index (χ0) is 22.7. The molecule has 170 valence electrons. The fourth-order valence-corrected chi connectivity index (χ4v) is 3.71. The van der Waals surface area contributed by atoms with Crippen LogP contribution < -0.4 is 10.6 Å². The van der Waals surface area contributed by atoms with Crippen LogP contribution in [-0.2, 0) is 7.05 Å². The Balaban J connectivity index is 1.34. The number of aryl methyl sites for hydroxylation is 1. The lowest BCUT2D eigenvalue weighted by atomic mass is 10.1. The van der Waals surface area contributed by atoms with Gasteiger partial charge in [0.05, 0.1) is 18.1 Å². The lowest BCUT2D eigenvalue weighted by Crippen LogP contribution is -2.47. The molecule has 4 rings (SSSR count). The first kappa shape index (κ1) is 22.0. The van der Waals surface area contributed by atoms with E-state index in [-0.39, 0.29) is 24.6 Å². The number of benzene rings is 1. The zero-order valence-electron chi connectivity index (χ0n) is 17.6. The number of rotatable bonds is 5. The van der Waals surface area contributed by atoms with E-state index in [1.807, 2.05) is 31.4 Å². The number of fused-ring (bicyclic) bond motifs is 1. The molecule has 1 fully saturated rings. The molecule has 0 bridgehead atoms. The maximum Gasteiger partial charge on any atom is 0.390 e. The molecule has 0 spiro atoms. The van der Waals surface area contributed by atoms with Crippen LogP contribution in [0.2, 0.25) is 0 Å². The Morgan fingerprint density at radius 1 is 1.19 bits per heavy atom. The molecule has 2 N–H and O–H groups in total. The minimum Gasteiger partial charge on any atom is -0.324 e. The first-order valence-electron chi connectivity index (χ1n) is 10.4. The first-order valence-corrected chi connectivity index (χ1v) is 10.4. The van der Waals surface area contributed by atoms with E-state index in [1.54, 1.807) is 22.0 Å². The van der Waals surface area contributed by atoms with E-state index in [0.717, 1.165) is 16.5 Å². The number of aromatic nitrogens is 4. The highest BCUT2D eigenvalue weighted by Gasteiger charge is 2.28. The SMILES string of the molecule is Cn1cc(-c2ccc3cnc(NC(=O)N4CCC(NCCC(F)(F)F)CC4)nc3c2)cn1. The smallest absolute Gasteiger partial charge is 0.324 e. The van der Waals surface area contributed by atoms with Crippen molar-refractivity contribution >= 4 is 22.9 Å². The number of urea groups is 1. The van der Waals surface area contributed by atoms with E-state index in [2.05, 4.69) is 25.7 Å². The molecule has 2 amide bonds. The van der Waals surface area contributed by atoms with Crippen molar-refractivity contribution in [2.45, 2.75) is 31.5 Å². The molecule has 11 heteroatoms. The lowest BCUT2D eigenvalue weighted by Gasteiger charge is -2.32. The van der Waals surface area contributed by atoms with E-state index >= 15 is 0 Å². The van der Waals surface area contributed by atoms with Gasteiger partial charge in [-0.15, -0.1) is 0 Å². The van der Waals surface area contributed by atoms with Crippen LogP contribution in [0.4, 0.5) is 23.9 Å². The average Bonchev–Trinajstić information content (AvgIpc) is 3.19. The average molecular weight is 447 g/mol. The first-order chi connectivity index (χ1) is 15.3. The van der Waals surface area contributed by atoms with Gasteiger partial charge >= 0.3 is 12.2 Å². The molecule has 1 aromatic carbocycles. The highest BCUT2D eigenvalue weighted by molar-refractivity contribution is 5.90. The fraction of sp³-hybridized carbons (Fsp3) is 0.429. The van der Waals surface area contributed by atoms with Crippen molar-refractivity contribution in [1.29, 1.82) is 0 Å². The van der Waals surface area contributed by atoms with Gasteiger partial charge in [-0.3, -0.25) is 10.00 Å². The van der Waals surface area contributed by atoms with Crippen LogP contribution in [0.15, 0.2) is 36.8 Å². The number of hydrogen-bond donors (Lipinski definition) is 2. The maximum absolute atomic E-state index is 12.6. The third-order valence-corrected chi connectivity index (χ3v) is 5.46. The molecule has 0 saturated carbocycles. The van der Waals surface area contributed by atoms with E-state index < -0.39 is 12.6 Å². The van der Waals surface area contributed by atoms with Gasteiger partial charge in [0.25, 0.3) is 0 Å². The molecule has 0 aliphatic carbocycles. The van der Waals surface area contributed by atoms with Gasteiger partial charge in [0, 0.05) is 56.1 Å². The summed E-state index contributed by atoms with van der Waals surface area (Å²) >= 11 is 0. The Morgan fingerprint density at radius 3 is 2.66 bits per heavy atom. The number of nitrogens with zero attached hydrogens (tertiary/aromatic N) is 5. The number of likely N-dealkylation sites (tertiary alicyclic amines) is 1. The summed E-state index contributed by atoms with van der Waals surface area (Å²) < 4.78 is 38.5. The van der Waals surface area contributed by atoms with Gasteiger partial charge in [0.1, 0.15) is 0 Å². The number of alkyl halides is 3. The monoisotopic (exact) mass is 447 g/mol. The molecule has 0 unspecified atom stereocenters. The van der Waals surface area contributed by atoms with Crippen molar-refractivity contribution in [2.24, 2.45) is 7.05 Å². The maximum atomic E-state index is 12.6. The summed E-state index contributed by atoms with van der Waals surface area (Å²) in [5, 5.41) is 10.7. The number of carbonyl (C=O) groups excluding carboxylic acids is 1. The van der Waals surface area contributed by atoms with Gasteiger partial charge in [-0.1, -0.05) is 12.1 Å². The highest BCUT2D eigenvalue weighted by atomic mass is 19.4. The number of hydrogen-bond acceptors (Lipinski definition) is 5. The third-order valence-electron chi connectivity index (χ3n) is 5.46. The summed E-state index contributed by atoms with van der Waals surface area (Å²) in [6.45, 7) is 0.800. The van der Waals surface area contributed by atoms with Crippen LogP contribution in [0.5, 0.6) is 0 Å². The molecule has 0 atom stereocenters. The van der Waals surface area contributed by atoms with Gasteiger partial charge in [0.2, 0.25) is 5.95 Å². The van der Waals surface area contributed by atoms with E-state index in [4.69, 9.17) is 0 Å². The number of anilines is 1. The minimum atomic E-state index is -4.16. The Bertz CT molecular complexity index is 1090. The van der Waals surface area contributed by atoms with Crippen molar-refractivity contribution in [3.63, 3.8) is 0 Å². The van der Waals surface area contributed by atoms with Gasteiger partial charge in [-0.2, -0.15) is 18.3 Å². The summed E-state index contributed by atoms with van der Waals surface area (Å²) in [5.74, 6) is 0.205. The van der Waals surface area contributed by atoms with Gasteiger partial charge in [-0.05, 0) is 24.5 Å². The predicted molar refractivity (Wildman–Crippen MR) is 114 cm³/mol. The number of piperidine rings is 1. The van der Waals surface area contributed by atoms with Crippen molar-refractivity contribution in [3.05, 3.63) is 36.8 Å². The van der Waals surface area contributed by atoms with Crippen LogP contribution in [-0.4, -0.2) is 62.5 Å². The summed E-state index contributed by atoms with van der Waals surface area (Å²) in [5.41, 5.74) is 2.62. The normalized spacial score (nSPS) is 15.3. The van der Waals surface area contributed by atoms with Gasteiger partial charge in [0.15, 0.2) is 0 Å². The largest absolute Gasteiger partial charge is 0.390 e. The van der Waals surface area contributed by atoms with E-state index in [1.165, 1.54) is 0 Å². The molecule has 8 nitrogen and oxygen atoms in total. The summed E-state index contributed by atoms with van der Waals surface area (Å²) in [7, 11) is 1.85. The second-order valence-electron chi connectivity index (χ2n) is 7.88. The molecular formula is C21H24F3N7O. The molecule has 1 aliphatic heterocycles. The minimum absolute atomic E-state index is 0.0239. The number of nitrogens with one attached hydrogen (secondary N) is 2. The Kier molecular flexibility index (Phi) is 6.26. The Hall–Kier alpha value is -3.21. The quantitative estimate of drug-likeness (QED) is 0.624. The number of carbonyl (C=O) groups is 1. The summed E-state index contributed by atoms with van der Waals surface area (Å²) in [6, 6.07) is 5.46. The van der Waals surface area contributed by atoms with E-state index in [0.29, 0.717) is 31.4 Å². The molecular weight excluding hydrogens is 423 g/mol. The van der Waals surface area contributed by atoms with Crippen LogP contribution in [0.1, 0.15) is 19.3 Å². The second kappa shape index (κ2) is 9.11. The second-order valence-corrected chi connectivity index (χ2v) is 7.88. The standard InChI is InChI=1S/C21H24F3N7O/c1-30-13-16(12-27-30)14-2-3-15-11-26-19(28-18(15)10-14)29-20(32)31-8-4-17(5-9-31)25-7-6-21(22,23)24/h2-3,10-13,17,25H,4-9H2,1H3,(H,26,28,29,32). The van der Waals surface area contributed by atoms with Crippen molar-refractivity contribution in [3.8, 4) is 11.1 Å². The van der Waals surface area contributed by atoms with Crippen molar-refractivity contribution < 1.29 is 18.0 Å². The van der Waals surface area contributed by atoms with Gasteiger partial charge < -0.3 is 10.2 Å². The molecule has 3 aromatic rings. The highest BCUT2D eigenvalue weighted by Crippen LogP contribution is 2.23. The van der Waals surface area contributed by atoms with Crippen LogP contribution in [0.3, 0.4) is 0 Å². The molecule has 32 heavy (non-hydrogen) atoms. The third kappa shape index (κ3) is 5.52. The predicted octanol–water partition coefficient (Wildman–Crippen LogP) is 3.57. The summed E-state index contributed by atoms with van der Waals surface area (Å²) in [4.78, 5) is 22.9. The summed E-state index contributed by atoms with van der Waals surface area (Å²) in [6.07, 6.45) is 1.51. The number of halogens is 3. The lowest BCUT2D eigenvalue weighted by molar-refractivity contribution is -0.133. The fourth-order valence-electron chi connectivity index (χ4n) is 3.71.